The van der Waals surface area contributed by atoms with Gasteiger partial charge in [0.2, 0.25) is 5.91 Å². The Bertz CT molecular complexity index is 564. The fourth-order valence-electron chi connectivity index (χ4n) is 4.47. The van der Waals surface area contributed by atoms with Crippen molar-refractivity contribution in [3.05, 3.63) is 35.9 Å². The second-order valence-electron chi connectivity index (χ2n) is 7.84. The number of likely N-dealkylation sites (tertiary alicyclic amines) is 2. The Labute approximate surface area is 144 Å². The standard InChI is InChI=1S/C20H28N2O2/c23-17-8-10-22(11-9-17)20(24)19-14-21(13-18(19)16-6-7-16)12-15-4-2-1-3-5-15/h1-5,16-19,23H,6-14H2/t18-,19+/m0/s1. The van der Waals surface area contributed by atoms with Gasteiger partial charge in [0.15, 0.2) is 0 Å². The number of amides is 1. The molecule has 0 aromatic heterocycles. The van der Waals surface area contributed by atoms with Crippen LogP contribution in [0.15, 0.2) is 30.3 Å². The Hall–Kier alpha value is -1.39. The summed E-state index contributed by atoms with van der Waals surface area (Å²) in [6.45, 7) is 4.37. The van der Waals surface area contributed by atoms with Gasteiger partial charge in [0.05, 0.1) is 12.0 Å². The smallest absolute Gasteiger partial charge is 0.227 e. The van der Waals surface area contributed by atoms with Crippen LogP contribution in [0.25, 0.3) is 0 Å². The highest BCUT2D eigenvalue weighted by Crippen LogP contribution is 2.45. The van der Waals surface area contributed by atoms with Gasteiger partial charge in [0.25, 0.3) is 0 Å². The van der Waals surface area contributed by atoms with E-state index in [1.54, 1.807) is 0 Å². The number of carbonyl (C=O) groups is 1. The molecule has 0 unspecified atom stereocenters. The first-order valence-electron chi connectivity index (χ1n) is 9.44. The predicted octanol–water partition coefficient (Wildman–Crippen LogP) is 2.13. The number of benzene rings is 1. The highest BCUT2D eigenvalue weighted by molar-refractivity contribution is 5.80. The van der Waals surface area contributed by atoms with Crippen molar-refractivity contribution in [2.24, 2.45) is 17.8 Å². The summed E-state index contributed by atoms with van der Waals surface area (Å²) in [6.07, 6.45) is 3.85. The van der Waals surface area contributed by atoms with Gasteiger partial charge < -0.3 is 10.0 Å². The Kier molecular flexibility index (Phi) is 4.59. The minimum Gasteiger partial charge on any atom is -0.393 e. The van der Waals surface area contributed by atoms with Crippen LogP contribution in [0.1, 0.15) is 31.2 Å². The zero-order chi connectivity index (χ0) is 16.5. The molecule has 2 atom stereocenters. The van der Waals surface area contributed by atoms with E-state index in [-0.39, 0.29) is 12.0 Å². The molecule has 4 rings (SSSR count). The molecule has 3 aliphatic rings. The zero-order valence-electron chi connectivity index (χ0n) is 14.3. The molecule has 2 aliphatic heterocycles. The van der Waals surface area contributed by atoms with E-state index in [4.69, 9.17) is 0 Å². The molecule has 1 saturated carbocycles. The van der Waals surface area contributed by atoms with Crippen LogP contribution in [-0.2, 0) is 11.3 Å². The highest BCUT2D eigenvalue weighted by Gasteiger charge is 2.46. The van der Waals surface area contributed by atoms with Crippen molar-refractivity contribution in [3.8, 4) is 0 Å². The monoisotopic (exact) mass is 328 g/mol. The molecule has 3 fully saturated rings. The number of rotatable bonds is 4. The molecule has 1 aromatic carbocycles. The van der Waals surface area contributed by atoms with Crippen LogP contribution in [0, 0.1) is 17.8 Å². The van der Waals surface area contributed by atoms with Gasteiger partial charge in [-0.15, -0.1) is 0 Å². The first-order valence-corrected chi connectivity index (χ1v) is 9.44. The average molecular weight is 328 g/mol. The fourth-order valence-corrected chi connectivity index (χ4v) is 4.47. The van der Waals surface area contributed by atoms with Crippen molar-refractivity contribution in [2.75, 3.05) is 26.2 Å². The number of aliphatic hydroxyl groups is 1. The van der Waals surface area contributed by atoms with E-state index in [0.29, 0.717) is 11.8 Å². The largest absolute Gasteiger partial charge is 0.393 e. The molecular weight excluding hydrogens is 300 g/mol. The van der Waals surface area contributed by atoms with Gasteiger partial charge in [0, 0.05) is 32.7 Å². The second-order valence-corrected chi connectivity index (χ2v) is 7.84. The van der Waals surface area contributed by atoms with Crippen LogP contribution in [0.4, 0.5) is 0 Å². The van der Waals surface area contributed by atoms with Gasteiger partial charge in [0.1, 0.15) is 0 Å². The number of carbonyl (C=O) groups excluding carboxylic acids is 1. The molecule has 1 aromatic rings. The fraction of sp³-hybridized carbons (Fsp3) is 0.650. The van der Waals surface area contributed by atoms with Crippen molar-refractivity contribution in [3.63, 3.8) is 0 Å². The van der Waals surface area contributed by atoms with E-state index in [9.17, 15) is 9.90 Å². The molecule has 130 valence electrons. The van der Waals surface area contributed by atoms with Crippen LogP contribution in [0.5, 0.6) is 0 Å². The third-order valence-electron chi connectivity index (χ3n) is 6.01. The third-order valence-corrected chi connectivity index (χ3v) is 6.01. The van der Waals surface area contributed by atoms with Gasteiger partial charge in [-0.1, -0.05) is 30.3 Å². The molecule has 0 spiro atoms. The molecule has 0 bridgehead atoms. The Morgan fingerprint density at radius 3 is 2.42 bits per heavy atom. The quantitative estimate of drug-likeness (QED) is 0.921. The normalized spacial score (nSPS) is 29.1. The molecule has 2 saturated heterocycles. The Morgan fingerprint density at radius 2 is 1.75 bits per heavy atom. The zero-order valence-corrected chi connectivity index (χ0v) is 14.3. The number of nitrogens with zero attached hydrogens (tertiary/aromatic N) is 2. The molecule has 1 amide bonds. The Morgan fingerprint density at radius 1 is 1.04 bits per heavy atom. The van der Waals surface area contributed by atoms with Gasteiger partial charge >= 0.3 is 0 Å². The lowest BCUT2D eigenvalue weighted by Crippen LogP contribution is -2.45. The van der Waals surface area contributed by atoms with E-state index in [1.165, 1.54) is 18.4 Å². The lowest BCUT2D eigenvalue weighted by atomic mass is 9.89. The Balaban J connectivity index is 1.42. The third kappa shape index (κ3) is 3.50. The van der Waals surface area contributed by atoms with Crippen molar-refractivity contribution in [1.29, 1.82) is 0 Å². The summed E-state index contributed by atoms with van der Waals surface area (Å²) in [7, 11) is 0. The molecule has 24 heavy (non-hydrogen) atoms. The minimum absolute atomic E-state index is 0.163. The van der Waals surface area contributed by atoms with Crippen LogP contribution in [0.3, 0.4) is 0 Å². The maximum Gasteiger partial charge on any atom is 0.227 e. The van der Waals surface area contributed by atoms with Crippen molar-refractivity contribution in [1.82, 2.24) is 9.80 Å². The maximum atomic E-state index is 13.1. The summed E-state index contributed by atoms with van der Waals surface area (Å²) in [5.41, 5.74) is 1.33. The number of aliphatic hydroxyl groups excluding tert-OH is 1. The first kappa shape index (κ1) is 16.1. The lowest BCUT2D eigenvalue weighted by Gasteiger charge is -2.33. The number of piperidine rings is 1. The number of hydrogen-bond donors (Lipinski definition) is 1. The van der Waals surface area contributed by atoms with Gasteiger partial charge in [-0.05, 0) is 43.1 Å². The summed E-state index contributed by atoms with van der Waals surface area (Å²) >= 11 is 0. The molecular formula is C20H28N2O2. The van der Waals surface area contributed by atoms with Crippen LogP contribution < -0.4 is 0 Å². The number of hydrogen-bond acceptors (Lipinski definition) is 3. The van der Waals surface area contributed by atoms with Gasteiger partial charge in [-0.3, -0.25) is 9.69 Å². The summed E-state index contributed by atoms with van der Waals surface area (Å²) in [5, 5.41) is 9.68. The van der Waals surface area contributed by atoms with Crippen molar-refractivity contribution in [2.45, 2.75) is 38.3 Å². The highest BCUT2D eigenvalue weighted by atomic mass is 16.3. The summed E-state index contributed by atoms with van der Waals surface area (Å²) in [5.74, 6) is 1.80. The minimum atomic E-state index is -0.216. The molecule has 4 heteroatoms. The van der Waals surface area contributed by atoms with E-state index in [2.05, 4.69) is 35.2 Å². The van der Waals surface area contributed by atoms with Crippen molar-refractivity contribution >= 4 is 5.91 Å². The van der Waals surface area contributed by atoms with E-state index >= 15 is 0 Å². The first-order chi connectivity index (χ1) is 11.7. The topological polar surface area (TPSA) is 43.8 Å². The lowest BCUT2D eigenvalue weighted by molar-refractivity contribution is -0.138. The van der Waals surface area contributed by atoms with Crippen LogP contribution in [-0.4, -0.2) is 53.1 Å². The summed E-state index contributed by atoms with van der Waals surface area (Å²) < 4.78 is 0. The molecule has 1 aliphatic carbocycles. The van der Waals surface area contributed by atoms with Gasteiger partial charge in [-0.2, -0.15) is 0 Å². The van der Waals surface area contributed by atoms with E-state index < -0.39 is 0 Å². The molecule has 0 radical (unpaired) electrons. The van der Waals surface area contributed by atoms with E-state index in [1.807, 2.05) is 4.90 Å². The summed E-state index contributed by atoms with van der Waals surface area (Å²) in [4.78, 5) is 17.5. The van der Waals surface area contributed by atoms with Gasteiger partial charge in [-0.25, -0.2) is 0 Å². The molecule has 4 nitrogen and oxygen atoms in total. The molecule has 2 heterocycles. The second kappa shape index (κ2) is 6.85. The van der Waals surface area contributed by atoms with Crippen LogP contribution >= 0.6 is 0 Å². The predicted molar refractivity (Wildman–Crippen MR) is 93.2 cm³/mol. The maximum absolute atomic E-state index is 13.1. The van der Waals surface area contributed by atoms with Crippen molar-refractivity contribution < 1.29 is 9.90 Å². The average Bonchev–Trinajstić information content (AvgIpc) is 3.37. The SMILES string of the molecule is O=C([C@@H]1CN(Cc2ccccc2)C[C@H]1C1CC1)N1CCC(O)CC1. The van der Waals surface area contributed by atoms with E-state index in [0.717, 1.165) is 51.5 Å². The summed E-state index contributed by atoms with van der Waals surface area (Å²) in [6, 6.07) is 10.6. The van der Waals surface area contributed by atoms with Crippen LogP contribution in [0.2, 0.25) is 0 Å². The molecule has 1 N–H and O–H groups in total.